The molecule has 0 bridgehead atoms. The second-order valence-electron chi connectivity index (χ2n) is 7.10. The van der Waals surface area contributed by atoms with Gasteiger partial charge >= 0.3 is 5.97 Å². The predicted molar refractivity (Wildman–Crippen MR) is 132 cm³/mol. The van der Waals surface area contributed by atoms with E-state index in [0.29, 0.717) is 22.2 Å². The van der Waals surface area contributed by atoms with Crippen LogP contribution in [-0.4, -0.2) is 40.7 Å². The topological polar surface area (TPSA) is 92.6 Å². The van der Waals surface area contributed by atoms with Gasteiger partial charge < -0.3 is 9.47 Å². The molecule has 0 unspecified atom stereocenters. The van der Waals surface area contributed by atoms with E-state index in [0.717, 1.165) is 27.5 Å². The Hall–Kier alpha value is -3.11. The first kappa shape index (κ1) is 23.1. The molecule has 1 atom stereocenters. The highest BCUT2D eigenvalue weighted by molar-refractivity contribution is 9.10. The highest BCUT2D eigenvalue weighted by Crippen LogP contribution is 2.42. The largest absolute Gasteiger partial charge is 0.497 e. The minimum absolute atomic E-state index is 0.216. The highest BCUT2D eigenvalue weighted by Gasteiger charge is 2.46. The molecule has 4 rings (SSSR count). The van der Waals surface area contributed by atoms with Crippen molar-refractivity contribution in [2.45, 2.75) is 19.9 Å². The molecule has 0 saturated carbocycles. The molecule has 1 amide bonds. The number of nitrogens with one attached hydrogen (secondary N) is 1. The predicted octanol–water partition coefficient (Wildman–Crippen LogP) is 4.71. The van der Waals surface area contributed by atoms with Crippen LogP contribution in [0.3, 0.4) is 0 Å². The minimum atomic E-state index is -0.692. The van der Waals surface area contributed by atoms with Crippen molar-refractivity contribution in [1.29, 1.82) is 0 Å². The Morgan fingerprint density at radius 3 is 2.55 bits per heavy atom. The number of allylic oxidation sites excluding steroid dienone is 1. The van der Waals surface area contributed by atoms with Crippen molar-refractivity contribution < 1.29 is 19.1 Å². The van der Waals surface area contributed by atoms with Crippen LogP contribution in [0.25, 0.3) is 0 Å². The van der Waals surface area contributed by atoms with Crippen molar-refractivity contribution in [2.75, 3.05) is 19.1 Å². The van der Waals surface area contributed by atoms with E-state index in [1.807, 2.05) is 36.4 Å². The number of hydrazone groups is 1. The van der Waals surface area contributed by atoms with Crippen LogP contribution in [0, 0.1) is 0 Å². The fourth-order valence-corrected chi connectivity index (χ4v) is 4.67. The molecule has 2 heterocycles. The third kappa shape index (κ3) is 4.67. The Morgan fingerprint density at radius 1 is 1.21 bits per heavy atom. The molecule has 0 spiro atoms. The van der Waals surface area contributed by atoms with Crippen molar-refractivity contribution in [3.8, 4) is 5.75 Å². The summed E-state index contributed by atoms with van der Waals surface area (Å²) in [6.07, 6.45) is 0. The molecule has 0 aliphatic carbocycles. The first-order valence-electron chi connectivity index (χ1n) is 10.1. The van der Waals surface area contributed by atoms with Gasteiger partial charge in [-0.25, -0.2) is 9.79 Å². The van der Waals surface area contributed by atoms with Gasteiger partial charge in [0.25, 0.3) is 5.91 Å². The van der Waals surface area contributed by atoms with Gasteiger partial charge in [-0.3, -0.25) is 15.1 Å². The zero-order valence-corrected chi connectivity index (χ0v) is 20.6. The van der Waals surface area contributed by atoms with Crippen molar-refractivity contribution in [3.63, 3.8) is 0 Å². The number of amides is 1. The third-order valence-electron chi connectivity index (χ3n) is 5.04. The number of aliphatic imine (C=N–C) groups is 1. The number of hydrogen-bond acceptors (Lipinski definition) is 8. The number of rotatable bonds is 6. The van der Waals surface area contributed by atoms with Gasteiger partial charge in [0, 0.05) is 4.47 Å². The van der Waals surface area contributed by atoms with Gasteiger partial charge in [-0.1, -0.05) is 28.1 Å². The summed E-state index contributed by atoms with van der Waals surface area (Å²) >= 11 is 4.55. The Morgan fingerprint density at radius 2 is 1.91 bits per heavy atom. The summed E-state index contributed by atoms with van der Waals surface area (Å²) < 4.78 is 11.5. The number of fused-ring (bicyclic) bond motifs is 1. The monoisotopic (exact) mass is 528 g/mol. The van der Waals surface area contributed by atoms with Gasteiger partial charge in [0.2, 0.25) is 0 Å². The number of thioether (sulfide) groups is 1. The lowest BCUT2D eigenvalue weighted by Crippen LogP contribution is -2.40. The number of amidine groups is 1. The molecule has 33 heavy (non-hydrogen) atoms. The van der Waals surface area contributed by atoms with Gasteiger partial charge in [-0.05, 0) is 67.6 Å². The second kappa shape index (κ2) is 9.80. The second-order valence-corrected chi connectivity index (χ2v) is 8.97. The van der Waals surface area contributed by atoms with E-state index >= 15 is 0 Å². The summed E-state index contributed by atoms with van der Waals surface area (Å²) in [5, 5.41) is 4.99. The van der Waals surface area contributed by atoms with Crippen LogP contribution in [0.1, 0.15) is 25.5 Å². The summed E-state index contributed by atoms with van der Waals surface area (Å²) in [7, 11) is 1.58. The van der Waals surface area contributed by atoms with Crippen LogP contribution < -0.4 is 10.2 Å². The summed E-state index contributed by atoms with van der Waals surface area (Å²) in [5.41, 5.74) is 5.21. The first-order chi connectivity index (χ1) is 15.9. The van der Waals surface area contributed by atoms with E-state index < -0.39 is 12.0 Å². The molecule has 1 N–H and O–H groups in total. The molecule has 1 saturated heterocycles. The van der Waals surface area contributed by atoms with Crippen LogP contribution in [0.2, 0.25) is 0 Å². The fraction of sp³-hybridized carbons (Fsp3) is 0.217. The molecule has 2 aliphatic rings. The lowest BCUT2D eigenvalue weighted by atomic mass is 9.94. The fourth-order valence-electron chi connectivity index (χ4n) is 3.48. The van der Waals surface area contributed by atoms with Gasteiger partial charge in [0.05, 0.1) is 36.7 Å². The lowest BCUT2D eigenvalue weighted by molar-refractivity contribution is -0.139. The number of methoxy groups -OCH3 is 1. The minimum Gasteiger partial charge on any atom is -0.497 e. The molecule has 2 aromatic rings. The number of carbonyl (C=O) groups excluding carboxylic acids is 2. The molecule has 8 nitrogen and oxygen atoms in total. The molecular formula is C23H21BrN4O4S. The van der Waals surface area contributed by atoms with Crippen molar-refractivity contribution in [3.05, 3.63) is 69.8 Å². The number of esters is 1. The van der Waals surface area contributed by atoms with Crippen LogP contribution >= 0.6 is 27.7 Å². The summed E-state index contributed by atoms with van der Waals surface area (Å²) in [6, 6.07) is 14.0. The normalized spacial score (nSPS) is 18.8. The number of hydrogen-bond donors (Lipinski definition) is 1. The summed E-state index contributed by atoms with van der Waals surface area (Å²) in [5.74, 6) is -0.182. The maximum Gasteiger partial charge on any atom is 0.338 e. The number of halogens is 1. The van der Waals surface area contributed by atoms with Crippen LogP contribution in [0.5, 0.6) is 5.75 Å². The standard InChI is InChI=1S/C23H21BrN4O4S/c1-4-32-22(30)18-13(2)25-23-28(19(18)14-5-11-17(31-3)12-6-14)21(29)20(33-23)27-26-16-9-7-15(24)8-10-16/h5-12,19,26H,4H2,1-3H3/b27-20-/t19-/m0/s1. The third-order valence-corrected chi connectivity index (χ3v) is 6.50. The Labute approximate surface area is 203 Å². The van der Waals surface area contributed by atoms with Crippen molar-refractivity contribution in [1.82, 2.24) is 4.90 Å². The highest BCUT2D eigenvalue weighted by atomic mass is 79.9. The molecule has 2 aliphatic heterocycles. The Bertz CT molecular complexity index is 1180. The molecule has 1 fully saturated rings. The molecular weight excluding hydrogens is 508 g/mol. The van der Waals surface area contributed by atoms with E-state index in [-0.39, 0.29) is 17.6 Å². The van der Waals surface area contributed by atoms with Gasteiger partial charge in [0.1, 0.15) is 5.75 Å². The quantitative estimate of drug-likeness (QED) is 0.431. The van der Waals surface area contributed by atoms with E-state index in [2.05, 4.69) is 31.4 Å². The molecule has 0 radical (unpaired) electrons. The van der Waals surface area contributed by atoms with E-state index in [9.17, 15) is 9.59 Å². The lowest BCUT2D eigenvalue weighted by Gasteiger charge is -2.32. The maximum atomic E-state index is 13.4. The summed E-state index contributed by atoms with van der Waals surface area (Å²) in [6.45, 7) is 3.70. The van der Waals surface area contributed by atoms with Crippen molar-refractivity contribution in [2.24, 2.45) is 10.1 Å². The summed E-state index contributed by atoms with van der Waals surface area (Å²) in [4.78, 5) is 32.3. The van der Waals surface area contributed by atoms with Crippen LogP contribution in [0.15, 0.2) is 74.4 Å². The van der Waals surface area contributed by atoms with Crippen LogP contribution in [0.4, 0.5) is 5.69 Å². The smallest absolute Gasteiger partial charge is 0.338 e. The number of anilines is 1. The maximum absolute atomic E-state index is 13.4. The van der Waals surface area contributed by atoms with E-state index in [4.69, 9.17) is 9.47 Å². The number of ether oxygens (including phenoxy) is 2. The zero-order chi connectivity index (χ0) is 23.5. The first-order valence-corrected chi connectivity index (χ1v) is 11.7. The van der Waals surface area contributed by atoms with E-state index in [1.165, 1.54) is 4.90 Å². The average molecular weight is 529 g/mol. The van der Waals surface area contributed by atoms with Gasteiger partial charge in [0.15, 0.2) is 10.2 Å². The van der Waals surface area contributed by atoms with Gasteiger partial charge in [-0.2, -0.15) is 5.10 Å². The SMILES string of the molecule is CCOC(=O)C1=C(C)N=C2S/C(=N\Nc3ccc(Br)cc3)C(=O)N2[C@H]1c1ccc(OC)cc1. The molecule has 170 valence electrons. The number of carbonyl (C=O) groups is 2. The van der Waals surface area contributed by atoms with Crippen molar-refractivity contribution >= 4 is 55.5 Å². The molecule has 10 heteroatoms. The van der Waals surface area contributed by atoms with Gasteiger partial charge in [-0.15, -0.1) is 0 Å². The Balaban J connectivity index is 1.71. The number of benzene rings is 2. The van der Waals surface area contributed by atoms with E-state index in [1.54, 1.807) is 33.1 Å². The number of nitrogens with zero attached hydrogens (tertiary/aromatic N) is 3. The Kier molecular flexibility index (Phi) is 6.85. The zero-order valence-electron chi connectivity index (χ0n) is 18.2. The molecule has 0 aromatic heterocycles. The molecule has 2 aromatic carbocycles. The average Bonchev–Trinajstić information content (AvgIpc) is 3.12. The van der Waals surface area contributed by atoms with Crippen LogP contribution in [-0.2, 0) is 14.3 Å².